The van der Waals surface area contributed by atoms with Crippen molar-refractivity contribution < 1.29 is 13.9 Å². The first-order chi connectivity index (χ1) is 8.17. The van der Waals surface area contributed by atoms with Crippen LogP contribution in [0, 0.1) is 5.82 Å². The minimum atomic E-state index is -0.293. The number of nitrogens with two attached hydrogens (primary N) is 1. The number of methoxy groups -OCH3 is 2. The first kappa shape index (κ1) is 13.9. The zero-order chi connectivity index (χ0) is 12.7. The summed E-state index contributed by atoms with van der Waals surface area (Å²) >= 11 is 0. The largest absolute Gasteiger partial charge is 0.399 e. The van der Waals surface area contributed by atoms with Gasteiger partial charge in [-0.1, -0.05) is 6.07 Å². The lowest BCUT2D eigenvalue weighted by atomic mass is 10.2. The van der Waals surface area contributed by atoms with Crippen LogP contribution in [0.4, 0.5) is 10.1 Å². The Kier molecular flexibility index (Phi) is 5.90. The van der Waals surface area contributed by atoms with Gasteiger partial charge in [-0.15, -0.1) is 0 Å². The summed E-state index contributed by atoms with van der Waals surface area (Å²) in [6.07, 6.45) is -0.0307. The predicted molar refractivity (Wildman–Crippen MR) is 65.2 cm³/mol. The second kappa shape index (κ2) is 7.21. The first-order valence-electron chi connectivity index (χ1n) is 5.43. The SMILES string of the molecule is COCC(CNCc1ccc(N)cc1F)OC. The van der Waals surface area contributed by atoms with Gasteiger partial charge in [-0.3, -0.25) is 0 Å². The van der Waals surface area contributed by atoms with E-state index in [9.17, 15) is 4.39 Å². The lowest BCUT2D eigenvalue weighted by Crippen LogP contribution is -2.31. The van der Waals surface area contributed by atoms with E-state index >= 15 is 0 Å². The van der Waals surface area contributed by atoms with Crippen LogP contribution in [0.5, 0.6) is 0 Å². The Labute approximate surface area is 101 Å². The molecule has 0 radical (unpaired) electrons. The number of nitrogen functional groups attached to an aromatic ring is 1. The smallest absolute Gasteiger partial charge is 0.129 e. The van der Waals surface area contributed by atoms with Crippen LogP contribution in [0.3, 0.4) is 0 Å². The predicted octanol–water partition coefficient (Wildman–Crippen LogP) is 1.16. The van der Waals surface area contributed by atoms with Crippen LogP contribution in [-0.2, 0) is 16.0 Å². The molecule has 1 aromatic carbocycles. The normalized spacial score (nSPS) is 12.6. The maximum Gasteiger partial charge on any atom is 0.129 e. The van der Waals surface area contributed by atoms with Gasteiger partial charge in [0, 0.05) is 38.6 Å². The molecule has 0 aliphatic rings. The summed E-state index contributed by atoms with van der Waals surface area (Å²) in [5, 5.41) is 3.11. The first-order valence-corrected chi connectivity index (χ1v) is 5.43. The van der Waals surface area contributed by atoms with E-state index in [0.717, 1.165) is 0 Å². The summed E-state index contributed by atoms with van der Waals surface area (Å²) in [6, 6.07) is 4.68. The van der Waals surface area contributed by atoms with E-state index in [1.54, 1.807) is 26.4 Å². The van der Waals surface area contributed by atoms with Crippen molar-refractivity contribution in [3.63, 3.8) is 0 Å². The molecule has 0 aliphatic carbocycles. The average Bonchev–Trinajstić information content (AvgIpc) is 2.30. The van der Waals surface area contributed by atoms with E-state index in [4.69, 9.17) is 15.2 Å². The van der Waals surface area contributed by atoms with Gasteiger partial charge in [0.05, 0.1) is 12.7 Å². The fraction of sp³-hybridized carbons (Fsp3) is 0.500. The Balaban J connectivity index is 2.39. The van der Waals surface area contributed by atoms with E-state index in [0.29, 0.717) is 30.9 Å². The summed E-state index contributed by atoms with van der Waals surface area (Å²) in [7, 11) is 3.24. The zero-order valence-electron chi connectivity index (χ0n) is 10.2. The minimum absolute atomic E-state index is 0.0307. The van der Waals surface area contributed by atoms with Crippen LogP contribution in [0.1, 0.15) is 5.56 Å². The molecule has 0 saturated heterocycles. The average molecular weight is 242 g/mol. The summed E-state index contributed by atoms with van der Waals surface area (Å²) < 4.78 is 23.6. The van der Waals surface area contributed by atoms with Gasteiger partial charge < -0.3 is 20.5 Å². The maximum atomic E-state index is 13.4. The summed E-state index contributed by atoms with van der Waals surface area (Å²) in [5.74, 6) is -0.293. The standard InChI is InChI=1S/C12H19FN2O2/c1-16-8-11(17-2)7-15-6-9-3-4-10(14)5-12(9)13/h3-5,11,15H,6-8,14H2,1-2H3. The molecule has 0 spiro atoms. The van der Waals surface area contributed by atoms with Crippen LogP contribution in [-0.4, -0.2) is 33.5 Å². The lowest BCUT2D eigenvalue weighted by Gasteiger charge is -2.15. The molecular formula is C12H19FN2O2. The van der Waals surface area contributed by atoms with Crippen LogP contribution in [0.15, 0.2) is 18.2 Å². The van der Waals surface area contributed by atoms with Gasteiger partial charge in [0.2, 0.25) is 0 Å². The number of benzene rings is 1. The van der Waals surface area contributed by atoms with Crippen molar-refractivity contribution in [2.75, 3.05) is 33.1 Å². The molecular weight excluding hydrogens is 223 g/mol. The number of nitrogens with one attached hydrogen (secondary N) is 1. The zero-order valence-corrected chi connectivity index (χ0v) is 10.2. The number of rotatable bonds is 7. The van der Waals surface area contributed by atoms with Crippen LogP contribution in [0.2, 0.25) is 0 Å². The van der Waals surface area contributed by atoms with Crippen molar-refractivity contribution in [2.45, 2.75) is 12.6 Å². The van der Waals surface area contributed by atoms with E-state index < -0.39 is 0 Å². The molecule has 0 fully saturated rings. The summed E-state index contributed by atoms with van der Waals surface area (Å²) in [5.41, 5.74) is 6.49. The summed E-state index contributed by atoms with van der Waals surface area (Å²) in [6.45, 7) is 1.55. The fourth-order valence-corrected chi connectivity index (χ4v) is 1.47. The molecule has 3 N–H and O–H groups in total. The lowest BCUT2D eigenvalue weighted by molar-refractivity contribution is 0.0287. The third-order valence-electron chi connectivity index (χ3n) is 2.45. The molecule has 4 nitrogen and oxygen atoms in total. The van der Waals surface area contributed by atoms with Gasteiger partial charge in [-0.2, -0.15) is 0 Å². The number of anilines is 1. The van der Waals surface area contributed by atoms with Crippen LogP contribution in [0.25, 0.3) is 0 Å². The second-order valence-corrected chi connectivity index (χ2v) is 3.79. The minimum Gasteiger partial charge on any atom is -0.399 e. The van der Waals surface area contributed by atoms with Crippen molar-refractivity contribution >= 4 is 5.69 Å². The van der Waals surface area contributed by atoms with Gasteiger partial charge in [0.25, 0.3) is 0 Å². The maximum absolute atomic E-state index is 13.4. The molecule has 0 saturated carbocycles. The Morgan fingerprint density at radius 2 is 2.18 bits per heavy atom. The fourth-order valence-electron chi connectivity index (χ4n) is 1.47. The van der Waals surface area contributed by atoms with Crippen molar-refractivity contribution in [3.8, 4) is 0 Å². The molecule has 1 rings (SSSR count). The third-order valence-corrected chi connectivity index (χ3v) is 2.45. The van der Waals surface area contributed by atoms with Gasteiger partial charge in [0.1, 0.15) is 5.82 Å². The molecule has 0 bridgehead atoms. The molecule has 0 aromatic heterocycles. The van der Waals surface area contributed by atoms with Gasteiger partial charge in [-0.05, 0) is 12.1 Å². The van der Waals surface area contributed by atoms with E-state index in [-0.39, 0.29) is 11.9 Å². The highest BCUT2D eigenvalue weighted by atomic mass is 19.1. The van der Waals surface area contributed by atoms with Crippen LogP contribution < -0.4 is 11.1 Å². The quantitative estimate of drug-likeness (QED) is 0.704. The molecule has 0 amide bonds. The van der Waals surface area contributed by atoms with Crippen molar-refractivity contribution in [3.05, 3.63) is 29.6 Å². The molecule has 1 aromatic rings. The highest BCUT2D eigenvalue weighted by Gasteiger charge is 2.07. The van der Waals surface area contributed by atoms with Gasteiger partial charge in [-0.25, -0.2) is 4.39 Å². The van der Waals surface area contributed by atoms with Gasteiger partial charge in [0.15, 0.2) is 0 Å². The second-order valence-electron chi connectivity index (χ2n) is 3.79. The Hall–Kier alpha value is -1.17. The van der Waals surface area contributed by atoms with Crippen molar-refractivity contribution in [1.82, 2.24) is 5.32 Å². The Bertz CT molecular complexity index is 347. The molecule has 1 atom stereocenters. The number of ether oxygens (including phenoxy) is 2. The van der Waals surface area contributed by atoms with Gasteiger partial charge >= 0.3 is 0 Å². The Morgan fingerprint density at radius 3 is 2.76 bits per heavy atom. The molecule has 1 unspecified atom stereocenters. The number of hydrogen-bond acceptors (Lipinski definition) is 4. The highest BCUT2D eigenvalue weighted by molar-refractivity contribution is 5.40. The van der Waals surface area contributed by atoms with Crippen LogP contribution >= 0.6 is 0 Å². The highest BCUT2D eigenvalue weighted by Crippen LogP contribution is 2.11. The van der Waals surface area contributed by atoms with E-state index in [1.807, 2.05) is 0 Å². The monoisotopic (exact) mass is 242 g/mol. The molecule has 96 valence electrons. The topological polar surface area (TPSA) is 56.5 Å². The molecule has 0 aliphatic heterocycles. The Morgan fingerprint density at radius 1 is 1.41 bits per heavy atom. The van der Waals surface area contributed by atoms with E-state index in [2.05, 4.69) is 5.32 Å². The number of halogens is 1. The molecule has 5 heteroatoms. The molecule has 17 heavy (non-hydrogen) atoms. The number of hydrogen-bond donors (Lipinski definition) is 2. The summed E-state index contributed by atoms with van der Waals surface area (Å²) in [4.78, 5) is 0. The molecule has 0 heterocycles. The van der Waals surface area contributed by atoms with Crippen molar-refractivity contribution in [1.29, 1.82) is 0 Å². The third kappa shape index (κ3) is 4.68. The van der Waals surface area contributed by atoms with Crippen molar-refractivity contribution in [2.24, 2.45) is 0 Å². The van der Waals surface area contributed by atoms with E-state index in [1.165, 1.54) is 6.07 Å².